The van der Waals surface area contributed by atoms with E-state index in [2.05, 4.69) is 4.72 Å². The largest absolute Gasteiger partial charge is 1.00 e. The molecule has 0 N–H and O–H groups in total. The third-order valence-electron chi connectivity index (χ3n) is 1.60. The number of sulfonamides is 1. The molecule has 0 saturated carbocycles. The number of amides is 1. The smallest absolute Gasteiger partial charge is 0.537 e. The third kappa shape index (κ3) is 1.55. The number of rotatable bonds is 0. The van der Waals surface area contributed by atoms with Crippen LogP contribution in [-0.4, -0.2) is 14.3 Å². The molecule has 0 aliphatic carbocycles. The summed E-state index contributed by atoms with van der Waals surface area (Å²) in [6, 6.07) is 5.99. The minimum Gasteiger partial charge on any atom is -0.537 e. The van der Waals surface area contributed by atoms with E-state index in [1.54, 1.807) is 12.1 Å². The predicted octanol–water partition coefficient (Wildman–Crippen LogP) is 0.900. The molecule has 1 aromatic carbocycles. The standard InChI is InChI=1S/C7H5NO3S.Ag/c9-7-5-3-1-2-4-6(5)12(10,11)8-7;/h1-4H,(H,8,9);/q;+1/p-1. The second kappa shape index (κ2) is 3.26. The van der Waals surface area contributed by atoms with E-state index in [1.165, 1.54) is 12.1 Å². The maximum atomic E-state index is 11.1. The van der Waals surface area contributed by atoms with Crippen molar-refractivity contribution in [3.63, 3.8) is 0 Å². The van der Waals surface area contributed by atoms with Gasteiger partial charge in [0, 0.05) is 5.56 Å². The van der Waals surface area contributed by atoms with Crippen molar-refractivity contribution in [1.29, 1.82) is 0 Å². The molecule has 1 aromatic rings. The van der Waals surface area contributed by atoms with Crippen molar-refractivity contribution in [2.75, 3.05) is 0 Å². The first kappa shape index (κ1) is 10.5. The fourth-order valence-electron chi connectivity index (χ4n) is 1.08. The van der Waals surface area contributed by atoms with Crippen LogP contribution >= 0.6 is 0 Å². The summed E-state index contributed by atoms with van der Waals surface area (Å²) in [6.07, 6.45) is 0. The first-order valence-corrected chi connectivity index (χ1v) is 4.67. The molecule has 0 bridgehead atoms. The van der Waals surface area contributed by atoms with E-state index < -0.39 is 15.9 Å². The van der Waals surface area contributed by atoms with Crippen LogP contribution in [-0.2, 0) is 32.4 Å². The molecule has 1 aliphatic rings. The van der Waals surface area contributed by atoms with E-state index in [-0.39, 0.29) is 32.8 Å². The Labute approximate surface area is 90.9 Å². The van der Waals surface area contributed by atoms with Crippen LogP contribution < -0.4 is 0 Å². The molecular weight excluding hydrogens is 286 g/mol. The van der Waals surface area contributed by atoms with Gasteiger partial charge in [0.15, 0.2) is 0 Å². The van der Waals surface area contributed by atoms with Gasteiger partial charge in [0.25, 0.3) is 0 Å². The van der Waals surface area contributed by atoms with Crippen molar-refractivity contribution in [2.24, 2.45) is 0 Å². The molecule has 0 saturated heterocycles. The van der Waals surface area contributed by atoms with Gasteiger partial charge in [-0.25, -0.2) is 8.42 Å². The summed E-state index contributed by atoms with van der Waals surface area (Å²) >= 11 is 0. The van der Waals surface area contributed by atoms with Gasteiger partial charge in [0.05, 0.1) is 10.8 Å². The van der Waals surface area contributed by atoms with Gasteiger partial charge in [-0.1, -0.05) is 18.2 Å². The Kier molecular flexibility index (Phi) is 2.63. The molecule has 0 unspecified atom stereocenters. The third-order valence-corrected chi connectivity index (χ3v) is 2.92. The Morgan fingerprint density at radius 1 is 1.15 bits per heavy atom. The monoisotopic (exact) mass is 289 g/mol. The molecule has 13 heavy (non-hydrogen) atoms. The number of hydrogen-bond donors (Lipinski definition) is 0. The summed E-state index contributed by atoms with van der Waals surface area (Å²) in [7, 11) is -3.68. The minimum absolute atomic E-state index is 0. The molecule has 1 heterocycles. The van der Waals surface area contributed by atoms with Gasteiger partial charge in [-0.2, -0.15) is 0 Å². The van der Waals surface area contributed by atoms with Gasteiger partial charge in [-0.15, -0.1) is 0 Å². The van der Waals surface area contributed by atoms with E-state index in [4.69, 9.17) is 0 Å². The van der Waals surface area contributed by atoms with Gasteiger partial charge in [-0.05, 0) is 6.07 Å². The number of carbonyl (C=O) groups excluding carboxylic acids is 1. The Bertz CT molecular complexity index is 455. The Balaban J connectivity index is 0.000000845. The molecule has 1 aliphatic heterocycles. The predicted molar refractivity (Wildman–Crippen MR) is 41.3 cm³/mol. The number of hydrogen-bond acceptors (Lipinski definition) is 3. The summed E-state index contributed by atoms with van der Waals surface area (Å²) in [4.78, 5) is 10.9. The fraction of sp³-hybridized carbons (Fsp3) is 0. The molecular formula is C7H4AgNO3S. The molecule has 6 heteroatoms. The molecule has 0 atom stereocenters. The van der Waals surface area contributed by atoms with Gasteiger partial charge in [0.2, 0.25) is 0 Å². The van der Waals surface area contributed by atoms with Crippen molar-refractivity contribution in [3.05, 3.63) is 34.6 Å². The van der Waals surface area contributed by atoms with Crippen LogP contribution in [0.3, 0.4) is 0 Å². The molecule has 0 fully saturated rings. The van der Waals surface area contributed by atoms with Crippen LogP contribution in [0.4, 0.5) is 0 Å². The van der Waals surface area contributed by atoms with Crippen LogP contribution in [0.5, 0.6) is 0 Å². The molecule has 4 nitrogen and oxygen atoms in total. The summed E-state index contributed by atoms with van der Waals surface area (Å²) in [6.45, 7) is 0. The fourth-order valence-corrected chi connectivity index (χ4v) is 2.17. The zero-order chi connectivity index (χ0) is 8.77. The van der Waals surface area contributed by atoms with Crippen LogP contribution in [0.25, 0.3) is 4.72 Å². The van der Waals surface area contributed by atoms with Crippen molar-refractivity contribution in [2.45, 2.75) is 4.90 Å². The second-order valence-electron chi connectivity index (χ2n) is 2.37. The van der Waals surface area contributed by atoms with E-state index in [9.17, 15) is 13.2 Å². The Hall–Kier alpha value is -0.620. The van der Waals surface area contributed by atoms with Gasteiger partial charge < -0.3 is 9.52 Å². The number of benzene rings is 1. The molecule has 0 aromatic heterocycles. The summed E-state index contributed by atoms with van der Waals surface area (Å²) in [5.74, 6) is -0.675. The average molecular weight is 290 g/mol. The van der Waals surface area contributed by atoms with Crippen LogP contribution in [0.15, 0.2) is 29.2 Å². The Morgan fingerprint density at radius 3 is 2.38 bits per heavy atom. The first-order chi connectivity index (χ1) is 5.61. The molecule has 1 amide bonds. The zero-order valence-electron chi connectivity index (χ0n) is 6.19. The Morgan fingerprint density at radius 2 is 1.77 bits per heavy atom. The van der Waals surface area contributed by atoms with Crippen molar-refractivity contribution in [3.8, 4) is 0 Å². The van der Waals surface area contributed by atoms with Gasteiger partial charge >= 0.3 is 22.4 Å². The van der Waals surface area contributed by atoms with Gasteiger partial charge in [0.1, 0.15) is 10.0 Å². The summed E-state index contributed by atoms with van der Waals surface area (Å²) < 4.78 is 25.2. The number of fused-ring (bicyclic) bond motifs is 1. The van der Waals surface area contributed by atoms with E-state index in [0.29, 0.717) is 0 Å². The van der Waals surface area contributed by atoms with Crippen LogP contribution in [0.1, 0.15) is 10.4 Å². The maximum Gasteiger partial charge on any atom is 1.00 e. The second-order valence-corrected chi connectivity index (χ2v) is 3.94. The van der Waals surface area contributed by atoms with Gasteiger partial charge in [-0.3, -0.25) is 0 Å². The zero-order valence-corrected chi connectivity index (χ0v) is 8.49. The van der Waals surface area contributed by atoms with Crippen molar-refractivity contribution < 1.29 is 35.6 Å². The van der Waals surface area contributed by atoms with Crippen LogP contribution in [0, 0.1) is 0 Å². The summed E-state index contributed by atoms with van der Waals surface area (Å²) in [5, 5.41) is 0. The summed E-state index contributed by atoms with van der Waals surface area (Å²) in [5.41, 5.74) is 0.164. The van der Waals surface area contributed by atoms with E-state index in [1.807, 2.05) is 0 Å². The SMILES string of the molecule is O=C1[N-]S(=O)(=O)c2ccccc21.[Ag+]. The quantitative estimate of drug-likeness (QED) is 0.667. The van der Waals surface area contributed by atoms with E-state index >= 15 is 0 Å². The van der Waals surface area contributed by atoms with Crippen LogP contribution in [0.2, 0.25) is 0 Å². The topological polar surface area (TPSA) is 65.3 Å². The van der Waals surface area contributed by atoms with Crippen molar-refractivity contribution in [1.82, 2.24) is 0 Å². The molecule has 72 valence electrons. The molecule has 0 spiro atoms. The normalized spacial score (nSPS) is 17.1. The van der Waals surface area contributed by atoms with Crippen molar-refractivity contribution >= 4 is 15.9 Å². The molecule has 0 radical (unpaired) electrons. The number of nitrogens with zero attached hydrogens (tertiary/aromatic N) is 1. The maximum absolute atomic E-state index is 11.1. The minimum atomic E-state index is -3.68. The number of carbonyl (C=O) groups is 1. The average Bonchev–Trinajstić information content (AvgIpc) is 2.25. The van der Waals surface area contributed by atoms with E-state index in [0.717, 1.165) is 0 Å². The first-order valence-electron chi connectivity index (χ1n) is 3.23. The molecule has 2 rings (SSSR count).